The highest BCUT2D eigenvalue weighted by Crippen LogP contribution is 2.43. The van der Waals surface area contributed by atoms with E-state index >= 15 is 8.78 Å². The van der Waals surface area contributed by atoms with Crippen molar-refractivity contribution in [2.24, 2.45) is 5.92 Å². The second-order valence-corrected chi connectivity index (χ2v) is 10.4. The summed E-state index contributed by atoms with van der Waals surface area (Å²) in [6, 6.07) is 10.6. The van der Waals surface area contributed by atoms with Crippen LogP contribution in [-0.4, -0.2) is 71.3 Å². The van der Waals surface area contributed by atoms with Crippen LogP contribution in [0.3, 0.4) is 0 Å². The third-order valence-electron chi connectivity index (χ3n) is 7.81. The fourth-order valence-corrected chi connectivity index (χ4v) is 5.88. The minimum atomic E-state index is -3.37. The van der Waals surface area contributed by atoms with Crippen LogP contribution in [0.25, 0.3) is 10.9 Å². The Labute approximate surface area is 213 Å². The van der Waals surface area contributed by atoms with Gasteiger partial charge in [-0.3, -0.25) is 9.29 Å². The molecular weight excluding hydrogens is 489 g/mol. The molecule has 2 aromatic carbocycles. The Morgan fingerprint density at radius 1 is 1.16 bits per heavy atom. The molecule has 37 heavy (non-hydrogen) atoms. The number of halogens is 5. The number of fused-ring (bicyclic) bond motifs is 3. The first-order valence-electron chi connectivity index (χ1n) is 12.8. The van der Waals surface area contributed by atoms with Crippen molar-refractivity contribution in [3.63, 3.8) is 0 Å². The number of hydrogen-bond donors (Lipinski definition) is 2. The minimum absolute atomic E-state index is 0.183. The molecule has 0 amide bonds. The zero-order valence-electron chi connectivity index (χ0n) is 20.7. The van der Waals surface area contributed by atoms with Gasteiger partial charge in [-0.25, -0.2) is 17.6 Å². The van der Waals surface area contributed by atoms with E-state index in [1.165, 1.54) is 23.1 Å². The van der Waals surface area contributed by atoms with Crippen molar-refractivity contribution < 1.29 is 27.1 Å². The summed E-state index contributed by atoms with van der Waals surface area (Å²) < 4.78 is 72.1. The van der Waals surface area contributed by atoms with E-state index in [1.807, 2.05) is 36.1 Å². The van der Waals surface area contributed by atoms with Crippen molar-refractivity contribution in [3.8, 4) is 0 Å². The maximum atomic E-state index is 15.7. The second-order valence-electron chi connectivity index (χ2n) is 10.4. The number of alkyl halides is 4. The fourth-order valence-electron chi connectivity index (χ4n) is 5.88. The molecule has 1 fully saturated rings. The van der Waals surface area contributed by atoms with Crippen LogP contribution >= 0.6 is 0 Å². The van der Waals surface area contributed by atoms with Gasteiger partial charge in [0.15, 0.2) is 0 Å². The van der Waals surface area contributed by atoms with Crippen LogP contribution in [0.1, 0.15) is 47.9 Å². The van der Waals surface area contributed by atoms with Crippen LogP contribution in [0.4, 0.5) is 22.0 Å². The van der Waals surface area contributed by atoms with E-state index in [-0.39, 0.29) is 23.1 Å². The van der Waals surface area contributed by atoms with Crippen molar-refractivity contribution in [3.05, 3.63) is 70.7 Å². The van der Waals surface area contributed by atoms with Gasteiger partial charge >= 0.3 is 0 Å². The molecular formula is C28H32F5N3O. The number of aliphatic hydroxyl groups is 1. The molecule has 200 valence electrons. The summed E-state index contributed by atoms with van der Waals surface area (Å²) in [7, 11) is 0. The lowest BCUT2D eigenvalue weighted by Gasteiger charge is -2.42. The lowest BCUT2D eigenvalue weighted by Crippen LogP contribution is -2.49. The van der Waals surface area contributed by atoms with Crippen LogP contribution < -0.4 is 0 Å². The molecule has 2 aliphatic heterocycles. The maximum Gasteiger partial charge on any atom is 0.283 e. The first-order chi connectivity index (χ1) is 17.7. The largest absolute Gasteiger partial charge is 0.390 e. The summed E-state index contributed by atoms with van der Waals surface area (Å²) in [4.78, 5) is 6.81. The zero-order chi connectivity index (χ0) is 26.3. The van der Waals surface area contributed by atoms with Crippen molar-refractivity contribution in [1.82, 2.24) is 14.8 Å². The fraction of sp³-hybridized carbons (Fsp3) is 0.500. The van der Waals surface area contributed by atoms with Gasteiger partial charge in [-0.15, -0.1) is 0 Å². The molecule has 5 rings (SSSR count). The Hall–Kier alpha value is -2.49. The highest BCUT2D eigenvalue weighted by molar-refractivity contribution is 5.85. The smallest absolute Gasteiger partial charge is 0.283 e. The number of aromatic nitrogens is 1. The average Bonchev–Trinajstić information content (AvgIpc) is 3.21. The number of aliphatic hydroxyl groups excluding tert-OH is 1. The van der Waals surface area contributed by atoms with Gasteiger partial charge in [-0.05, 0) is 43.0 Å². The molecule has 3 aromatic rings. The quantitative estimate of drug-likeness (QED) is 0.362. The predicted molar refractivity (Wildman–Crippen MR) is 133 cm³/mol. The van der Waals surface area contributed by atoms with E-state index in [1.54, 1.807) is 0 Å². The summed E-state index contributed by atoms with van der Waals surface area (Å²) in [5.41, 5.74) is 2.82. The van der Waals surface area contributed by atoms with Gasteiger partial charge in [0.25, 0.3) is 5.92 Å². The average molecular weight is 522 g/mol. The summed E-state index contributed by atoms with van der Waals surface area (Å²) in [5, 5.41) is 10.2. The molecule has 1 saturated heterocycles. The normalized spacial score (nSPS) is 22.2. The highest BCUT2D eigenvalue weighted by Gasteiger charge is 2.43. The Balaban J connectivity index is 1.48. The van der Waals surface area contributed by atoms with E-state index < -0.39 is 43.8 Å². The molecule has 0 radical (unpaired) electrons. The lowest BCUT2D eigenvalue weighted by atomic mass is 9.86. The Bertz CT molecular complexity index is 1240. The van der Waals surface area contributed by atoms with Gasteiger partial charge in [0, 0.05) is 53.8 Å². The molecule has 0 unspecified atom stereocenters. The van der Waals surface area contributed by atoms with E-state index in [2.05, 4.69) is 4.98 Å². The molecule has 0 aliphatic carbocycles. The summed E-state index contributed by atoms with van der Waals surface area (Å²) in [5.74, 6) is -4.32. The first kappa shape index (κ1) is 26.1. The Morgan fingerprint density at radius 3 is 2.62 bits per heavy atom. The van der Waals surface area contributed by atoms with Crippen molar-refractivity contribution in [1.29, 1.82) is 0 Å². The zero-order valence-corrected chi connectivity index (χ0v) is 20.7. The van der Waals surface area contributed by atoms with Gasteiger partial charge in [0.1, 0.15) is 18.6 Å². The Kier molecular flexibility index (Phi) is 7.31. The molecule has 2 N–H and O–H groups in total. The molecule has 0 spiro atoms. The molecule has 0 saturated carbocycles. The monoisotopic (exact) mass is 521 g/mol. The van der Waals surface area contributed by atoms with Gasteiger partial charge < -0.3 is 15.0 Å². The van der Waals surface area contributed by atoms with Crippen LogP contribution in [0.5, 0.6) is 0 Å². The number of rotatable bonds is 9. The third kappa shape index (κ3) is 5.01. The van der Waals surface area contributed by atoms with Gasteiger partial charge in [0.05, 0.1) is 19.3 Å². The Morgan fingerprint density at radius 2 is 1.92 bits per heavy atom. The van der Waals surface area contributed by atoms with Gasteiger partial charge in [0.2, 0.25) is 0 Å². The molecule has 3 atom stereocenters. The van der Waals surface area contributed by atoms with E-state index in [4.69, 9.17) is 0 Å². The maximum absolute atomic E-state index is 15.7. The molecule has 3 heterocycles. The van der Waals surface area contributed by atoms with Crippen molar-refractivity contribution >= 4 is 10.9 Å². The van der Waals surface area contributed by atoms with Crippen molar-refractivity contribution in [2.45, 2.75) is 43.9 Å². The molecule has 1 aromatic heterocycles. The molecule has 0 bridgehead atoms. The minimum Gasteiger partial charge on any atom is -0.390 e. The highest BCUT2D eigenvalue weighted by atomic mass is 19.3. The summed E-state index contributed by atoms with van der Waals surface area (Å²) >= 11 is 0. The summed E-state index contributed by atoms with van der Waals surface area (Å²) in [6.45, 7) is 0.922. The number of para-hydroxylation sites is 1. The van der Waals surface area contributed by atoms with E-state index in [0.717, 1.165) is 16.5 Å². The van der Waals surface area contributed by atoms with Gasteiger partial charge in [-0.2, -0.15) is 0 Å². The second kappa shape index (κ2) is 10.3. The molecule has 2 aliphatic rings. The number of benzene rings is 2. The number of nitrogens with one attached hydrogen (secondary N) is 1. The van der Waals surface area contributed by atoms with E-state index in [9.17, 15) is 18.3 Å². The SMILES string of the molecule is C[C@@H]1Cc2c([nH]c3ccccc23)[C@@H](c2ccc([C@H](F)C3CN(CCCF)C3)cc2F)N1CC(F)(F)CO. The number of hydrogen-bond acceptors (Lipinski definition) is 3. The van der Waals surface area contributed by atoms with Crippen LogP contribution in [0, 0.1) is 11.7 Å². The van der Waals surface area contributed by atoms with Crippen molar-refractivity contribution in [2.75, 3.05) is 39.5 Å². The topological polar surface area (TPSA) is 42.5 Å². The van der Waals surface area contributed by atoms with E-state index in [0.29, 0.717) is 38.2 Å². The van der Waals surface area contributed by atoms with Crippen LogP contribution in [0.15, 0.2) is 42.5 Å². The van der Waals surface area contributed by atoms with Crippen LogP contribution in [0.2, 0.25) is 0 Å². The summed E-state index contributed by atoms with van der Waals surface area (Å²) in [6.07, 6.45) is -0.465. The first-order valence-corrected chi connectivity index (χ1v) is 12.8. The number of aromatic amines is 1. The third-order valence-corrected chi connectivity index (χ3v) is 7.81. The number of nitrogens with zero attached hydrogens (tertiary/aromatic N) is 2. The molecule has 4 nitrogen and oxygen atoms in total. The number of H-pyrrole nitrogens is 1. The van der Waals surface area contributed by atoms with Gasteiger partial charge in [-0.1, -0.05) is 30.3 Å². The standard InChI is InChI=1S/C28H32F5N3O/c1-17-11-22-20-5-2-3-6-24(20)34-26(22)27(36(17)15-28(32,33)16-37)21-8-7-18(12-23(21)30)25(31)19-13-35(14-19)10-4-9-29/h2-3,5-8,12,17,19,25,27,34,37H,4,9-11,13-16H2,1H3/t17-,25+,27-/m1/s1. The predicted octanol–water partition coefficient (Wildman–Crippen LogP) is 5.57. The molecule has 9 heteroatoms. The van der Waals surface area contributed by atoms with Crippen LogP contribution in [-0.2, 0) is 6.42 Å². The number of likely N-dealkylation sites (tertiary alicyclic amines) is 1. The lowest BCUT2D eigenvalue weighted by molar-refractivity contribution is -0.0866.